The lowest BCUT2D eigenvalue weighted by atomic mass is 10.1. The van der Waals surface area contributed by atoms with Crippen LogP contribution in [0.5, 0.6) is 0 Å². The van der Waals surface area contributed by atoms with Crippen LogP contribution in [0.3, 0.4) is 0 Å². The van der Waals surface area contributed by atoms with Crippen LogP contribution < -0.4 is 0 Å². The molecule has 2 nitrogen and oxygen atoms in total. The fraction of sp³-hybridized carbons (Fsp3) is 0.364. The van der Waals surface area contributed by atoms with E-state index in [2.05, 4.69) is 27.3 Å². The van der Waals surface area contributed by atoms with Crippen molar-refractivity contribution in [2.24, 2.45) is 0 Å². The largest absolute Gasteiger partial charge is 0.411 e. The molecule has 94 valence electrons. The van der Waals surface area contributed by atoms with E-state index >= 15 is 0 Å². The van der Waals surface area contributed by atoms with Crippen LogP contribution in [-0.4, -0.2) is 25.2 Å². The van der Waals surface area contributed by atoms with Gasteiger partial charge >= 0.3 is 6.18 Å². The molecule has 0 aliphatic rings. The number of ketones is 1. The maximum absolute atomic E-state index is 11.7. The third kappa shape index (κ3) is 6.02. The van der Waals surface area contributed by atoms with Crippen molar-refractivity contribution in [3.8, 4) is 0 Å². The quantitative estimate of drug-likeness (QED) is 0.458. The molecule has 1 aromatic carbocycles. The minimum Gasteiger partial charge on any atom is -0.372 e. The minimum atomic E-state index is -4.34. The van der Waals surface area contributed by atoms with Gasteiger partial charge in [-0.3, -0.25) is 4.79 Å². The van der Waals surface area contributed by atoms with Gasteiger partial charge in [0.2, 0.25) is 0 Å². The number of rotatable bonds is 5. The van der Waals surface area contributed by atoms with Crippen LogP contribution in [-0.2, 0) is 4.74 Å². The van der Waals surface area contributed by atoms with Gasteiger partial charge in [0.25, 0.3) is 0 Å². The number of carbonyl (C=O) groups is 1. The fourth-order valence-corrected chi connectivity index (χ4v) is 1.49. The van der Waals surface area contributed by atoms with Crippen LogP contribution in [0, 0.1) is 3.57 Å². The van der Waals surface area contributed by atoms with Gasteiger partial charge in [-0.15, -0.1) is 0 Å². The van der Waals surface area contributed by atoms with Crippen molar-refractivity contribution in [3.05, 3.63) is 33.4 Å². The average Bonchev–Trinajstić information content (AvgIpc) is 2.24. The molecule has 0 atom stereocenters. The summed E-state index contributed by atoms with van der Waals surface area (Å²) in [5.41, 5.74) is 0.487. The van der Waals surface area contributed by atoms with Crippen molar-refractivity contribution in [1.29, 1.82) is 0 Å². The van der Waals surface area contributed by atoms with Gasteiger partial charge in [-0.2, -0.15) is 13.2 Å². The number of hydrogen-bond acceptors (Lipinski definition) is 2. The molecular weight excluding hydrogens is 348 g/mol. The average molecular weight is 358 g/mol. The summed E-state index contributed by atoms with van der Waals surface area (Å²) in [6, 6.07) is 6.83. The van der Waals surface area contributed by atoms with Gasteiger partial charge in [-0.1, -0.05) is 12.1 Å². The van der Waals surface area contributed by atoms with E-state index in [9.17, 15) is 18.0 Å². The molecule has 0 N–H and O–H groups in total. The maximum atomic E-state index is 11.7. The number of halogens is 4. The van der Waals surface area contributed by atoms with Crippen LogP contribution in [0.25, 0.3) is 0 Å². The van der Waals surface area contributed by atoms with Gasteiger partial charge in [0.05, 0.1) is 6.61 Å². The zero-order chi connectivity index (χ0) is 12.9. The first-order valence-electron chi connectivity index (χ1n) is 4.82. The molecule has 0 unspecified atom stereocenters. The summed E-state index contributed by atoms with van der Waals surface area (Å²) >= 11 is 2.10. The van der Waals surface area contributed by atoms with Gasteiger partial charge in [0.15, 0.2) is 5.78 Å². The number of hydrogen-bond donors (Lipinski definition) is 0. The number of carbonyl (C=O) groups excluding carboxylic acids is 1. The Kier molecular flexibility index (Phi) is 5.38. The molecule has 0 saturated heterocycles. The summed E-state index contributed by atoms with van der Waals surface area (Å²) in [6.07, 6.45) is -4.39. The highest BCUT2D eigenvalue weighted by Gasteiger charge is 2.27. The predicted octanol–water partition coefficient (Wildman–Crippen LogP) is 3.44. The molecule has 6 heteroatoms. The third-order valence-corrected chi connectivity index (χ3v) is 2.62. The molecular formula is C11H10F3IO2. The molecule has 1 rings (SSSR count). The fourth-order valence-electron chi connectivity index (χ4n) is 1.13. The van der Waals surface area contributed by atoms with Gasteiger partial charge in [0, 0.05) is 15.6 Å². The normalized spacial score (nSPS) is 11.5. The Balaban J connectivity index is 2.33. The molecule has 0 heterocycles. The van der Waals surface area contributed by atoms with E-state index in [1.807, 2.05) is 0 Å². The second kappa shape index (κ2) is 6.34. The summed E-state index contributed by atoms with van der Waals surface area (Å²) < 4.78 is 40.6. The summed E-state index contributed by atoms with van der Waals surface area (Å²) in [4.78, 5) is 11.5. The van der Waals surface area contributed by atoms with E-state index < -0.39 is 12.8 Å². The number of Topliss-reactive ketones (excluding diaryl/α,β-unsaturated/α-hetero) is 1. The number of alkyl halides is 3. The van der Waals surface area contributed by atoms with Crippen molar-refractivity contribution in [1.82, 2.24) is 0 Å². The van der Waals surface area contributed by atoms with E-state index in [1.54, 1.807) is 24.3 Å². The van der Waals surface area contributed by atoms with Crippen LogP contribution in [0.15, 0.2) is 24.3 Å². The van der Waals surface area contributed by atoms with E-state index in [0.717, 1.165) is 3.57 Å². The molecule has 0 bridgehead atoms. The number of benzene rings is 1. The molecule has 0 aromatic heterocycles. The molecule has 0 aliphatic carbocycles. The first-order chi connectivity index (χ1) is 7.88. The van der Waals surface area contributed by atoms with Crippen molar-refractivity contribution in [3.63, 3.8) is 0 Å². The predicted molar refractivity (Wildman–Crippen MR) is 65.0 cm³/mol. The minimum absolute atomic E-state index is 0.0450. The van der Waals surface area contributed by atoms with Crippen molar-refractivity contribution in [2.75, 3.05) is 13.2 Å². The third-order valence-electron chi connectivity index (χ3n) is 1.91. The summed E-state index contributed by atoms with van der Waals surface area (Å²) in [5, 5.41) is 0. The summed E-state index contributed by atoms with van der Waals surface area (Å²) in [6.45, 7) is -1.53. The van der Waals surface area contributed by atoms with Crippen molar-refractivity contribution in [2.45, 2.75) is 12.6 Å². The molecule has 17 heavy (non-hydrogen) atoms. The molecule has 0 amide bonds. The Hall–Kier alpha value is -0.630. The van der Waals surface area contributed by atoms with E-state index in [0.29, 0.717) is 5.56 Å². The maximum Gasteiger partial charge on any atom is 0.411 e. The zero-order valence-electron chi connectivity index (χ0n) is 8.76. The lowest BCUT2D eigenvalue weighted by Gasteiger charge is -2.07. The van der Waals surface area contributed by atoms with Gasteiger partial charge in [-0.05, 0) is 34.7 Å². The highest BCUT2D eigenvalue weighted by atomic mass is 127. The Morgan fingerprint density at radius 1 is 1.24 bits per heavy atom. The molecule has 1 aromatic rings. The van der Waals surface area contributed by atoms with Gasteiger partial charge < -0.3 is 4.74 Å². The Labute approximate surface area is 110 Å². The van der Waals surface area contributed by atoms with E-state index in [1.165, 1.54) is 0 Å². The highest BCUT2D eigenvalue weighted by molar-refractivity contribution is 14.1. The molecule has 0 saturated carbocycles. The van der Waals surface area contributed by atoms with Gasteiger partial charge in [0.1, 0.15) is 6.61 Å². The second-order valence-electron chi connectivity index (χ2n) is 3.35. The lowest BCUT2D eigenvalue weighted by Crippen LogP contribution is -2.18. The van der Waals surface area contributed by atoms with Crippen LogP contribution >= 0.6 is 22.6 Å². The highest BCUT2D eigenvalue weighted by Crippen LogP contribution is 2.15. The SMILES string of the molecule is O=C(CCOCC(F)(F)F)c1ccc(I)cc1. The van der Waals surface area contributed by atoms with Crippen LogP contribution in [0.4, 0.5) is 13.2 Å². The van der Waals surface area contributed by atoms with Crippen LogP contribution in [0.2, 0.25) is 0 Å². The second-order valence-corrected chi connectivity index (χ2v) is 4.59. The zero-order valence-corrected chi connectivity index (χ0v) is 10.9. The lowest BCUT2D eigenvalue weighted by molar-refractivity contribution is -0.173. The Bertz CT molecular complexity index is 373. The van der Waals surface area contributed by atoms with Crippen molar-refractivity contribution >= 4 is 28.4 Å². The van der Waals surface area contributed by atoms with Gasteiger partial charge in [-0.25, -0.2) is 0 Å². The molecule has 0 radical (unpaired) electrons. The van der Waals surface area contributed by atoms with E-state index in [-0.39, 0.29) is 18.8 Å². The van der Waals surface area contributed by atoms with E-state index in [4.69, 9.17) is 0 Å². The Morgan fingerprint density at radius 3 is 2.35 bits per heavy atom. The topological polar surface area (TPSA) is 26.3 Å². The standard InChI is InChI=1S/C11H10F3IO2/c12-11(13,14)7-17-6-5-10(16)8-1-3-9(15)4-2-8/h1-4H,5-7H2. The van der Waals surface area contributed by atoms with Crippen LogP contribution in [0.1, 0.15) is 16.8 Å². The summed E-state index contributed by atoms with van der Waals surface area (Å²) in [7, 11) is 0. The molecule has 0 spiro atoms. The first kappa shape index (κ1) is 14.4. The monoisotopic (exact) mass is 358 g/mol. The Morgan fingerprint density at radius 2 is 1.82 bits per heavy atom. The number of ether oxygens (including phenoxy) is 1. The first-order valence-corrected chi connectivity index (χ1v) is 5.89. The molecule has 0 fully saturated rings. The summed E-state index contributed by atoms with van der Waals surface area (Å²) in [5.74, 6) is -0.219. The molecule has 0 aliphatic heterocycles. The van der Waals surface area contributed by atoms with Crippen molar-refractivity contribution < 1.29 is 22.7 Å². The smallest absolute Gasteiger partial charge is 0.372 e.